The van der Waals surface area contributed by atoms with Crippen molar-refractivity contribution in [2.75, 3.05) is 0 Å². The highest BCUT2D eigenvalue weighted by Gasteiger charge is 2.36. The number of ether oxygens (including phenoxy) is 1. The number of hydrogen-bond donors (Lipinski definition) is 0. The van der Waals surface area contributed by atoms with Crippen LogP contribution in [0.15, 0.2) is 65.3 Å². The molecule has 8 nitrogen and oxygen atoms in total. The average Bonchev–Trinajstić information content (AvgIpc) is 3.25. The molecule has 27 heavy (non-hydrogen) atoms. The van der Waals surface area contributed by atoms with E-state index in [1.54, 1.807) is 18.2 Å². The first-order valence-corrected chi connectivity index (χ1v) is 7.98. The Bertz CT molecular complexity index is 1040. The minimum Gasteiger partial charge on any atom is -0.467 e. The molecule has 0 saturated carbocycles. The summed E-state index contributed by atoms with van der Waals surface area (Å²) in [5.74, 6) is 0.411. The van der Waals surface area contributed by atoms with Crippen LogP contribution in [-0.4, -0.2) is 21.6 Å². The van der Waals surface area contributed by atoms with Crippen molar-refractivity contribution in [3.8, 4) is 11.5 Å². The van der Waals surface area contributed by atoms with E-state index < -0.39 is 16.7 Å². The molecule has 1 aliphatic heterocycles. The van der Waals surface area contributed by atoms with Gasteiger partial charge in [-0.15, -0.1) is 0 Å². The molecule has 0 aliphatic carbocycles. The maximum Gasteiger partial charge on any atom is 0.269 e. The average molecular weight is 364 g/mol. The van der Waals surface area contributed by atoms with Crippen molar-refractivity contribution in [3.63, 3.8) is 0 Å². The summed E-state index contributed by atoms with van der Waals surface area (Å²) in [7, 11) is 0. The Morgan fingerprint density at radius 3 is 2.33 bits per heavy atom. The Morgan fingerprint density at radius 1 is 0.963 bits per heavy atom. The lowest BCUT2D eigenvalue weighted by atomic mass is 10.1. The molecule has 2 aromatic carbocycles. The molecule has 2 amide bonds. The molecule has 0 fully saturated rings. The highest BCUT2D eigenvalue weighted by Crippen LogP contribution is 2.30. The first-order valence-electron chi connectivity index (χ1n) is 7.98. The van der Waals surface area contributed by atoms with Gasteiger partial charge in [0.05, 0.1) is 28.9 Å². The summed E-state index contributed by atoms with van der Waals surface area (Å²) in [4.78, 5) is 36.4. The van der Waals surface area contributed by atoms with Gasteiger partial charge in [0.15, 0.2) is 0 Å². The fourth-order valence-corrected chi connectivity index (χ4v) is 2.81. The van der Waals surface area contributed by atoms with Crippen molar-refractivity contribution < 1.29 is 23.7 Å². The third-order valence-electron chi connectivity index (χ3n) is 4.12. The van der Waals surface area contributed by atoms with Crippen LogP contribution in [0.1, 0.15) is 26.5 Å². The van der Waals surface area contributed by atoms with Gasteiger partial charge in [0.2, 0.25) is 0 Å². The van der Waals surface area contributed by atoms with Crippen molar-refractivity contribution in [3.05, 3.63) is 87.9 Å². The van der Waals surface area contributed by atoms with Gasteiger partial charge in [0.1, 0.15) is 17.3 Å². The lowest BCUT2D eigenvalue weighted by molar-refractivity contribution is -0.384. The van der Waals surface area contributed by atoms with Crippen molar-refractivity contribution in [2.24, 2.45) is 0 Å². The number of nitro groups is 1. The van der Waals surface area contributed by atoms with E-state index in [0.717, 1.165) is 4.90 Å². The van der Waals surface area contributed by atoms with Gasteiger partial charge in [-0.25, -0.2) is 0 Å². The standard InChI is InChI=1S/C19H12N2O6/c22-18-16-8-7-14(27-13-5-3-12(4-6-13)21(24)25)10-17(16)19(23)20(18)11-15-2-1-9-26-15/h1-10H,11H2. The lowest BCUT2D eigenvalue weighted by Crippen LogP contribution is -2.28. The van der Waals surface area contributed by atoms with E-state index in [-0.39, 0.29) is 17.8 Å². The first kappa shape index (κ1) is 16.5. The summed E-state index contributed by atoms with van der Waals surface area (Å²) in [5, 5.41) is 10.7. The third-order valence-corrected chi connectivity index (χ3v) is 4.12. The molecule has 8 heteroatoms. The Labute approximate surface area is 152 Å². The number of nitrogens with zero attached hydrogens (tertiary/aromatic N) is 2. The summed E-state index contributed by atoms with van der Waals surface area (Å²) >= 11 is 0. The van der Waals surface area contributed by atoms with Crippen LogP contribution in [-0.2, 0) is 6.54 Å². The number of hydrogen-bond acceptors (Lipinski definition) is 6. The van der Waals surface area contributed by atoms with Gasteiger partial charge in [-0.05, 0) is 42.5 Å². The minimum atomic E-state index is -0.503. The molecule has 2 heterocycles. The molecule has 3 aromatic rings. The molecule has 0 bridgehead atoms. The van der Waals surface area contributed by atoms with E-state index in [2.05, 4.69) is 0 Å². The van der Waals surface area contributed by atoms with Crippen molar-refractivity contribution in [1.82, 2.24) is 4.90 Å². The number of carbonyl (C=O) groups excluding carboxylic acids is 2. The van der Waals surface area contributed by atoms with Crippen LogP contribution in [0.2, 0.25) is 0 Å². The van der Waals surface area contributed by atoms with Crippen LogP contribution in [0.4, 0.5) is 5.69 Å². The molecule has 0 radical (unpaired) electrons. The predicted octanol–water partition coefficient (Wildman–Crippen LogP) is 3.78. The maximum atomic E-state index is 12.6. The topological polar surface area (TPSA) is 103 Å². The Kier molecular flexibility index (Phi) is 3.92. The summed E-state index contributed by atoms with van der Waals surface area (Å²) in [6, 6.07) is 13.5. The van der Waals surface area contributed by atoms with Crippen LogP contribution in [0.3, 0.4) is 0 Å². The van der Waals surface area contributed by atoms with Gasteiger partial charge in [-0.2, -0.15) is 0 Å². The summed E-state index contributed by atoms with van der Waals surface area (Å²) in [5.41, 5.74) is 0.485. The second kappa shape index (κ2) is 6.41. The largest absolute Gasteiger partial charge is 0.467 e. The molecule has 0 spiro atoms. The summed E-state index contributed by atoms with van der Waals surface area (Å²) in [6.07, 6.45) is 1.48. The number of furan rings is 1. The second-order valence-corrected chi connectivity index (χ2v) is 5.84. The number of nitro benzene ring substituents is 1. The first-order chi connectivity index (χ1) is 13.0. The van der Waals surface area contributed by atoms with E-state index in [1.807, 2.05) is 0 Å². The number of rotatable bonds is 5. The van der Waals surface area contributed by atoms with Gasteiger partial charge in [-0.3, -0.25) is 24.6 Å². The highest BCUT2D eigenvalue weighted by molar-refractivity contribution is 6.21. The molecule has 0 atom stereocenters. The van der Waals surface area contributed by atoms with Crippen LogP contribution < -0.4 is 4.74 Å². The predicted molar refractivity (Wildman–Crippen MR) is 92.5 cm³/mol. The van der Waals surface area contributed by atoms with Gasteiger partial charge >= 0.3 is 0 Å². The van der Waals surface area contributed by atoms with E-state index >= 15 is 0 Å². The van der Waals surface area contributed by atoms with Gasteiger partial charge in [0.25, 0.3) is 17.5 Å². The SMILES string of the molecule is O=C1c2ccc(Oc3ccc([N+](=O)[O-])cc3)cc2C(=O)N1Cc1ccco1. The molecule has 1 aliphatic rings. The summed E-state index contributed by atoms with van der Waals surface area (Å²) in [6.45, 7) is 0.0535. The van der Waals surface area contributed by atoms with Crippen LogP contribution >= 0.6 is 0 Å². The molecule has 134 valence electrons. The van der Waals surface area contributed by atoms with Gasteiger partial charge in [0, 0.05) is 12.1 Å². The zero-order chi connectivity index (χ0) is 19.0. The second-order valence-electron chi connectivity index (χ2n) is 5.84. The van der Waals surface area contributed by atoms with Gasteiger partial charge in [-0.1, -0.05) is 0 Å². The summed E-state index contributed by atoms with van der Waals surface area (Å²) < 4.78 is 10.8. The maximum absolute atomic E-state index is 12.6. The Hall–Kier alpha value is -3.94. The van der Waals surface area contributed by atoms with Crippen molar-refractivity contribution in [2.45, 2.75) is 6.54 Å². The van der Waals surface area contributed by atoms with E-state index in [0.29, 0.717) is 22.8 Å². The number of imide groups is 1. The third kappa shape index (κ3) is 3.04. The Balaban J connectivity index is 1.56. The zero-order valence-corrected chi connectivity index (χ0v) is 13.8. The fraction of sp³-hybridized carbons (Fsp3) is 0.0526. The van der Waals surface area contributed by atoms with Crippen LogP contribution in [0.5, 0.6) is 11.5 Å². The fourth-order valence-electron chi connectivity index (χ4n) is 2.81. The molecule has 0 N–H and O–H groups in total. The lowest BCUT2D eigenvalue weighted by Gasteiger charge is -2.11. The minimum absolute atomic E-state index is 0.0503. The smallest absolute Gasteiger partial charge is 0.269 e. The zero-order valence-electron chi connectivity index (χ0n) is 13.8. The van der Waals surface area contributed by atoms with E-state index in [4.69, 9.17) is 9.15 Å². The number of benzene rings is 2. The number of non-ortho nitro benzene ring substituents is 1. The molecule has 0 unspecified atom stereocenters. The van der Waals surface area contributed by atoms with E-state index in [1.165, 1.54) is 42.7 Å². The molecular weight excluding hydrogens is 352 g/mol. The van der Waals surface area contributed by atoms with Crippen LogP contribution in [0, 0.1) is 10.1 Å². The Morgan fingerprint density at radius 2 is 1.67 bits per heavy atom. The molecule has 4 rings (SSSR count). The number of amides is 2. The van der Waals surface area contributed by atoms with Crippen molar-refractivity contribution in [1.29, 1.82) is 0 Å². The highest BCUT2D eigenvalue weighted by atomic mass is 16.6. The molecule has 1 aromatic heterocycles. The number of carbonyl (C=O) groups is 2. The quantitative estimate of drug-likeness (QED) is 0.388. The monoisotopic (exact) mass is 364 g/mol. The number of fused-ring (bicyclic) bond motifs is 1. The van der Waals surface area contributed by atoms with E-state index in [9.17, 15) is 19.7 Å². The van der Waals surface area contributed by atoms with Crippen molar-refractivity contribution >= 4 is 17.5 Å². The normalized spacial score (nSPS) is 13.0. The van der Waals surface area contributed by atoms with Crippen LogP contribution in [0.25, 0.3) is 0 Å². The van der Waals surface area contributed by atoms with Gasteiger partial charge < -0.3 is 9.15 Å². The molecular formula is C19H12N2O6. The molecule has 0 saturated heterocycles.